The Kier molecular flexibility index (Phi) is 3.78. The van der Waals surface area contributed by atoms with E-state index in [1.807, 2.05) is 7.05 Å². The van der Waals surface area contributed by atoms with Crippen LogP contribution in [0.15, 0.2) is 6.20 Å². The highest BCUT2D eigenvalue weighted by Gasteiger charge is 2.34. The van der Waals surface area contributed by atoms with Crippen LogP contribution in [0.5, 0.6) is 0 Å². The van der Waals surface area contributed by atoms with Crippen molar-refractivity contribution in [1.29, 1.82) is 0 Å². The summed E-state index contributed by atoms with van der Waals surface area (Å²) in [6.07, 6.45) is 9.35. The molecule has 2 aliphatic rings. The van der Waals surface area contributed by atoms with E-state index < -0.39 is 5.97 Å². The van der Waals surface area contributed by atoms with Crippen molar-refractivity contribution in [2.45, 2.75) is 51.1 Å². The van der Waals surface area contributed by atoms with Gasteiger partial charge < -0.3 is 5.11 Å². The van der Waals surface area contributed by atoms with E-state index in [0.29, 0.717) is 11.6 Å². The Hall–Kier alpha value is -1.36. The second kappa shape index (κ2) is 5.56. The van der Waals surface area contributed by atoms with Crippen LogP contribution in [0.3, 0.4) is 0 Å². The van der Waals surface area contributed by atoms with E-state index in [9.17, 15) is 9.90 Å². The van der Waals surface area contributed by atoms with Gasteiger partial charge in [-0.15, -0.1) is 0 Å². The monoisotopic (exact) mass is 277 g/mol. The van der Waals surface area contributed by atoms with Crippen LogP contribution in [-0.2, 0) is 13.6 Å². The third-order valence-electron chi connectivity index (χ3n) is 5.00. The van der Waals surface area contributed by atoms with Gasteiger partial charge in [0.15, 0.2) is 0 Å². The van der Waals surface area contributed by atoms with Gasteiger partial charge in [-0.1, -0.05) is 12.8 Å². The first-order chi connectivity index (χ1) is 9.66. The average molecular weight is 277 g/mol. The smallest absolute Gasteiger partial charge is 0.339 e. The zero-order chi connectivity index (χ0) is 14.1. The predicted molar refractivity (Wildman–Crippen MR) is 75.6 cm³/mol. The van der Waals surface area contributed by atoms with E-state index in [1.54, 1.807) is 4.68 Å². The molecule has 1 aliphatic carbocycles. The summed E-state index contributed by atoms with van der Waals surface area (Å²) in [6.45, 7) is 1.81. The molecule has 110 valence electrons. The van der Waals surface area contributed by atoms with E-state index >= 15 is 0 Å². The summed E-state index contributed by atoms with van der Waals surface area (Å²) in [5, 5.41) is 13.4. The zero-order valence-corrected chi connectivity index (χ0v) is 12.1. The fraction of sp³-hybridized carbons (Fsp3) is 0.733. The van der Waals surface area contributed by atoms with Crippen molar-refractivity contribution < 1.29 is 9.90 Å². The number of aromatic nitrogens is 2. The fourth-order valence-electron chi connectivity index (χ4n) is 3.95. The molecule has 0 spiro atoms. The van der Waals surface area contributed by atoms with Gasteiger partial charge in [0.25, 0.3) is 0 Å². The highest BCUT2D eigenvalue weighted by atomic mass is 16.4. The normalized spacial score (nSPS) is 27.2. The molecule has 5 heteroatoms. The molecular weight excluding hydrogens is 254 g/mol. The van der Waals surface area contributed by atoms with Crippen LogP contribution in [-0.4, -0.2) is 38.3 Å². The van der Waals surface area contributed by atoms with Crippen LogP contribution < -0.4 is 0 Å². The number of aryl methyl sites for hydroxylation is 1. The molecule has 1 aliphatic heterocycles. The number of hydrogen-bond donors (Lipinski definition) is 1. The van der Waals surface area contributed by atoms with Crippen molar-refractivity contribution in [2.24, 2.45) is 13.0 Å². The minimum Gasteiger partial charge on any atom is -0.478 e. The van der Waals surface area contributed by atoms with Crippen molar-refractivity contribution >= 4 is 5.97 Å². The molecule has 20 heavy (non-hydrogen) atoms. The van der Waals surface area contributed by atoms with Gasteiger partial charge in [-0.3, -0.25) is 9.58 Å². The Morgan fingerprint density at radius 2 is 2.10 bits per heavy atom. The lowest BCUT2D eigenvalue weighted by atomic mass is 9.78. The molecule has 5 nitrogen and oxygen atoms in total. The largest absolute Gasteiger partial charge is 0.478 e. The Labute approximate surface area is 119 Å². The fourth-order valence-corrected chi connectivity index (χ4v) is 3.95. The van der Waals surface area contributed by atoms with Gasteiger partial charge in [-0.25, -0.2) is 4.79 Å². The summed E-state index contributed by atoms with van der Waals surface area (Å²) in [7, 11) is 1.84. The lowest BCUT2D eigenvalue weighted by Crippen LogP contribution is -2.46. The first kappa shape index (κ1) is 13.6. The van der Waals surface area contributed by atoms with Crippen molar-refractivity contribution in [2.75, 3.05) is 6.54 Å². The van der Waals surface area contributed by atoms with Crippen molar-refractivity contribution in [3.8, 4) is 0 Å². The van der Waals surface area contributed by atoms with E-state index in [0.717, 1.165) is 24.7 Å². The van der Waals surface area contributed by atoms with Gasteiger partial charge in [-0.2, -0.15) is 5.10 Å². The van der Waals surface area contributed by atoms with Gasteiger partial charge in [0.2, 0.25) is 0 Å². The van der Waals surface area contributed by atoms with Crippen molar-refractivity contribution in [1.82, 2.24) is 14.7 Å². The molecule has 1 aromatic heterocycles. The minimum absolute atomic E-state index is 0.352. The topological polar surface area (TPSA) is 58.4 Å². The van der Waals surface area contributed by atoms with Crippen LogP contribution in [0.2, 0.25) is 0 Å². The number of piperidine rings is 1. The first-order valence-corrected chi connectivity index (χ1v) is 7.65. The maximum Gasteiger partial charge on any atom is 0.339 e. The number of carboxylic acids is 1. The molecule has 1 saturated heterocycles. The van der Waals surface area contributed by atoms with Gasteiger partial charge in [-0.05, 0) is 38.1 Å². The number of nitrogens with zero attached hydrogens (tertiary/aromatic N) is 3. The molecular formula is C15H23N3O2. The highest BCUT2D eigenvalue weighted by molar-refractivity contribution is 5.88. The predicted octanol–water partition coefficient (Wildman–Crippen LogP) is 2.27. The van der Waals surface area contributed by atoms with E-state index in [-0.39, 0.29) is 0 Å². The molecule has 1 aromatic rings. The third-order valence-corrected chi connectivity index (χ3v) is 5.00. The zero-order valence-electron chi connectivity index (χ0n) is 12.1. The SMILES string of the molecule is Cn1ncc(C(=O)O)c1CN1CCC[C@H]2CCCC[C@H]21. The second-order valence-electron chi connectivity index (χ2n) is 6.16. The van der Waals surface area contributed by atoms with Crippen LogP contribution in [0.1, 0.15) is 54.6 Å². The van der Waals surface area contributed by atoms with Gasteiger partial charge in [0.05, 0.1) is 11.9 Å². The van der Waals surface area contributed by atoms with Gasteiger partial charge in [0, 0.05) is 19.6 Å². The van der Waals surface area contributed by atoms with E-state index in [4.69, 9.17) is 0 Å². The Morgan fingerprint density at radius 1 is 1.35 bits per heavy atom. The molecule has 0 amide bonds. The maximum absolute atomic E-state index is 11.3. The van der Waals surface area contributed by atoms with Crippen molar-refractivity contribution in [3.63, 3.8) is 0 Å². The van der Waals surface area contributed by atoms with Crippen LogP contribution in [0.4, 0.5) is 0 Å². The van der Waals surface area contributed by atoms with Crippen molar-refractivity contribution in [3.05, 3.63) is 17.5 Å². The average Bonchev–Trinajstić information content (AvgIpc) is 2.81. The molecule has 2 heterocycles. The quantitative estimate of drug-likeness (QED) is 0.921. The molecule has 0 bridgehead atoms. The Balaban J connectivity index is 1.79. The van der Waals surface area contributed by atoms with Gasteiger partial charge >= 0.3 is 5.97 Å². The number of carboxylic acid groups (broad SMARTS) is 1. The summed E-state index contributed by atoms with van der Waals surface area (Å²) in [6, 6.07) is 0.647. The standard InChI is InChI=1S/C15H23N3O2/c1-17-14(12(9-16-17)15(19)20)10-18-8-4-6-11-5-2-3-7-13(11)18/h9,11,13H,2-8,10H2,1H3,(H,19,20)/t11-,13-/m1/s1. The van der Waals surface area contributed by atoms with E-state index in [2.05, 4.69) is 10.00 Å². The second-order valence-corrected chi connectivity index (χ2v) is 6.16. The maximum atomic E-state index is 11.3. The Bertz CT molecular complexity index is 495. The number of hydrogen-bond acceptors (Lipinski definition) is 3. The molecule has 2 atom stereocenters. The first-order valence-electron chi connectivity index (χ1n) is 7.65. The highest BCUT2D eigenvalue weighted by Crippen LogP contribution is 2.36. The number of aromatic carboxylic acids is 1. The lowest BCUT2D eigenvalue weighted by Gasteiger charge is -2.44. The summed E-state index contributed by atoms with van der Waals surface area (Å²) >= 11 is 0. The lowest BCUT2D eigenvalue weighted by molar-refractivity contribution is 0.0517. The number of carbonyl (C=O) groups is 1. The molecule has 0 unspecified atom stereocenters. The number of rotatable bonds is 3. The van der Waals surface area contributed by atoms with E-state index in [1.165, 1.54) is 44.7 Å². The van der Waals surface area contributed by atoms with Crippen LogP contribution in [0.25, 0.3) is 0 Å². The Morgan fingerprint density at radius 3 is 2.90 bits per heavy atom. The number of likely N-dealkylation sites (tertiary alicyclic amines) is 1. The van der Waals surface area contributed by atoms with Gasteiger partial charge in [0.1, 0.15) is 5.56 Å². The summed E-state index contributed by atoms with van der Waals surface area (Å²) < 4.78 is 1.72. The van der Waals surface area contributed by atoms with Crippen LogP contribution >= 0.6 is 0 Å². The molecule has 1 saturated carbocycles. The molecule has 3 rings (SSSR count). The third kappa shape index (κ3) is 2.46. The number of fused-ring (bicyclic) bond motifs is 1. The molecule has 0 aromatic carbocycles. The minimum atomic E-state index is -0.870. The molecule has 0 radical (unpaired) electrons. The van der Waals surface area contributed by atoms with Crippen LogP contribution in [0, 0.1) is 5.92 Å². The summed E-state index contributed by atoms with van der Waals surface area (Å²) in [4.78, 5) is 13.8. The summed E-state index contributed by atoms with van der Waals surface area (Å²) in [5.74, 6) is -0.0516. The molecule has 2 fully saturated rings. The molecule has 1 N–H and O–H groups in total. The summed E-state index contributed by atoms with van der Waals surface area (Å²) in [5.41, 5.74) is 1.19.